The highest BCUT2D eigenvalue weighted by atomic mass is 16.6. The molecule has 0 saturated heterocycles. The Balaban J connectivity index is 2.58. The van der Waals surface area contributed by atoms with E-state index < -0.39 is 5.60 Å². The van der Waals surface area contributed by atoms with Gasteiger partial charge in [0, 0.05) is 45.3 Å². The molecule has 1 aromatic rings. The van der Waals surface area contributed by atoms with E-state index >= 15 is 0 Å². The first-order chi connectivity index (χ1) is 14.2. The molecule has 0 aromatic heterocycles. The zero-order chi connectivity index (χ0) is 22.6. The fourth-order valence-electron chi connectivity index (χ4n) is 2.67. The van der Waals surface area contributed by atoms with Crippen molar-refractivity contribution in [2.45, 2.75) is 46.6 Å². The van der Waals surface area contributed by atoms with Crippen LogP contribution in [-0.4, -0.2) is 68.2 Å². The number of hydrogen-bond acceptors (Lipinski definition) is 4. The molecule has 8 heteroatoms. The van der Waals surface area contributed by atoms with E-state index in [4.69, 9.17) is 4.74 Å². The monoisotopic (exact) mass is 419 g/mol. The highest BCUT2D eigenvalue weighted by molar-refractivity contribution is 5.94. The fourth-order valence-corrected chi connectivity index (χ4v) is 2.67. The third-order valence-corrected chi connectivity index (χ3v) is 4.14. The number of aliphatic imine (C=N–C) groups is 1. The second-order valence-corrected chi connectivity index (χ2v) is 7.78. The lowest BCUT2D eigenvalue weighted by Gasteiger charge is -2.26. The van der Waals surface area contributed by atoms with Crippen molar-refractivity contribution < 1.29 is 14.3 Å². The van der Waals surface area contributed by atoms with Crippen LogP contribution in [0.1, 0.15) is 50.5 Å². The zero-order valence-electron chi connectivity index (χ0n) is 19.2. The molecule has 1 rings (SSSR count). The first-order valence-corrected chi connectivity index (χ1v) is 10.5. The van der Waals surface area contributed by atoms with Gasteiger partial charge >= 0.3 is 6.09 Å². The summed E-state index contributed by atoms with van der Waals surface area (Å²) in [6.07, 6.45) is 0.408. The summed E-state index contributed by atoms with van der Waals surface area (Å²) in [6.45, 7) is 12.5. The van der Waals surface area contributed by atoms with Crippen molar-refractivity contribution in [3.63, 3.8) is 0 Å². The minimum Gasteiger partial charge on any atom is -0.444 e. The SMILES string of the molecule is CCNC(=NCCc1cccc(C(=O)NC)c1)NCCN(CC)C(=O)OC(C)(C)C. The summed E-state index contributed by atoms with van der Waals surface area (Å²) in [4.78, 5) is 30.2. The van der Waals surface area contributed by atoms with E-state index in [1.807, 2.05) is 52.8 Å². The number of amides is 2. The number of guanidine groups is 1. The van der Waals surface area contributed by atoms with Crippen LogP contribution in [0, 0.1) is 0 Å². The van der Waals surface area contributed by atoms with Crippen LogP contribution in [-0.2, 0) is 11.2 Å². The second kappa shape index (κ2) is 12.7. The van der Waals surface area contributed by atoms with Crippen molar-refractivity contribution in [1.29, 1.82) is 0 Å². The molecule has 0 spiro atoms. The van der Waals surface area contributed by atoms with Crippen LogP contribution in [0.5, 0.6) is 0 Å². The van der Waals surface area contributed by atoms with Gasteiger partial charge in [0.15, 0.2) is 5.96 Å². The van der Waals surface area contributed by atoms with Gasteiger partial charge in [0.05, 0.1) is 0 Å². The van der Waals surface area contributed by atoms with Crippen LogP contribution in [0.2, 0.25) is 0 Å². The molecule has 3 N–H and O–H groups in total. The van der Waals surface area contributed by atoms with Crippen molar-refractivity contribution >= 4 is 18.0 Å². The Bertz CT molecular complexity index is 713. The topological polar surface area (TPSA) is 95.1 Å². The fraction of sp³-hybridized carbons (Fsp3) is 0.591. The molecule has 0 saturated carbocycles. The average molecular weight is 420 g/mol. The predicted molar refractivity (Wildman–Crippen MR) is 121 cm³/mol. The molecular formula is C22H37N5O3. The number of nitrogens with zero attached hydrogens (tertiary/aromatic N) is 2. The Morgan fingerprint density at radius 2 is 1.90 bits per heavy atom. The van der Waals surface area contributed by atoms with Gasteiger partial charge < -0.3 is 25.6 Å². The van der Waals surface area contributed by atoms with Gasteiger partial charge in [-0.15, -0.1) is 0 Å². The van der Waals surface area contributed by atoms with E-state index in [0.29, 0.717) is 37.7 Å². The summed E-state index contributed by atoms with van der Waals surface area (Å²) in [5, 5.41) is 9.09. The van der Waals surface area contributed by atoms with Crippen molar-refractivity contribution in [2.24, 2.45) is 4.99 Å². The number of benzene rings is 1. The average Bonchev–Trinajstić information content (AvgIpc) is 2.69. The van der Waals surface area contributed by atoms with Gasteiger partial charge in [-0.2, -0.15) is 0 Å². The molecule has 0 atom stereocenters. The van der Waals surface area contributed by atoms with Crippen LogP contribution in [0.3, 0.4) is 0 Å². The highest BCUT2D eigenvalue weighted by Gasteiger charge is 2.20. The number of hydrogen-bond donors (Lipinski definition) is 3. The smallest absolute Gasteiger partial charge is 0.410 e. The maximum absolute atomic E-state index is 12.2. The predicted octanol–water partition coefficient (Wildman–Crippen LogP) is 2.40. The first kappa shape index (κ1) is 25.3. The van der Waals surface area contributed by atoms with E-state index in [2.05, 4.69) is 20.9 Å². The Hall–Kier alpha value is -2.77. The van der Waals surface area contributed by atoms with E-state index in [9.17, 15) is 9.59 Å². The van der Waals surface area contributed by atoms with Gasteiger partial charge in [0.25, 0.3) is 5.91 Å². The summed E-state index contributed by atoms with van der Waals surface area (Å²) in [5.74, 6) is 0.598. The molecule has 0 aliphatic rings. The lowest BCUT2D eigenvalue weighted by atomic mass is 10.1. The molecule has 168 valence electrons. The van der Waals surface area contributed by atoms with Gasteiger partial charge in [-0.05, 0) is 58.7 Å². The summed E-state index contributed by atoms with van der Waals surface area (Å²) in [6, 6.07) is 7.54. The zero-order valence-corrected chi connectivity index (χ0v) is 19.2. The molecule has 8 nitrogen and oxygen atoms in total. The van der Waals surface area contributed by atoms with Crippen LogP contribution in [0.4, 0.5) is 4.79 Å². The summed E-state index contributed by atoms with van der Waals surface area (Å²) in [5.41, 5.74) is 1.19. The minimum absolute atomic E-state index is 0.0965. The Morgan fingerprint density at radius 3 is 2.50 bits per heavy atom. The Morgan fingerprint density at radius 1 is 1.17 bits per heavy atom. The van der Waals surface area contributed by atoms with Gasteiger partial charge in [-0.1, -0.05) is 12.1 Å². The Labute approximate surface area is 180 Å². The van der Waals surface area contributed by atoms with E-state index in [-0.39, 0.29) is 12.0 Å². The van der Waals surface area contributed by atoms with E-state index in [1.54, 1.807) is 18.0 Å². The number of carbonyl (C=O) groups excluding carboxylic acids is 2. The molecule has 0 heterocycles. The largest absolute Gasteiger partial charge is 0.444 e. The molecule has 0 aliphatic heterocycles. The van der Waals surface area contributed by atoms with Crippen LogP contribution >= 0.6 is 0 Å². The third kappa shape index (κ3) is 9.62. The van der Waals surface area contributed by atoms with Gasteiger partial charge in [0.1, 0.15) is 5.60 Å². The lowest BCUT2D eigenvalue weighted by molar-refractivity contribution is 0.0263. The van der Waals surface area contributed by atoms with Crippen LogP contribution < -0.4 is 16.0 Å². The molecule has 0 radical (unpaired) electrons. The van der Waals surface area contributed by atoms with Gasteiger partial charge in [-0.3, -0.25) is 9.79 Å². The molecule has 1 aromatic carbocycles. The number of ether oxygens (including phenoxy) is 1. The van der Waals surface area contributed by atoms with Crippen molar-refractivity contribution in [1.82, 2.24) is 20.9 Å². The Kier molecular flexibility index (Phi) is 10.7. The summed E-state index contributed by atoms with van der Waals surface area (Å²) >= 11 is 0. The number of nitrogens with one attached hydrogen (secondary N) is 3. The van der Waals surface area contributed by atoms with E-state index in [1.165, 1.54) is 0 Å². The van der Waals surface area contributed by atoms with Gasteiger partial charge in [-0.25, -0.2) is 4.79 Å². The molecular weight excluding hydrogens is 382 g/mol. The maximum atomic E-state index is 12.2. The van der Waals surface area contributed by atoms with Crippen molar-refractivity contribution in [3.05, 3.63) is 35.4 Å². The van der Waals surface area contributed by atoms with Gasteiger partial charge in [0.2, 0.25) is 0 Å². The van der Waals surface area contributed by atoms with Crippen LogP contribution in [0.25, 0.3) is 0 Å². The molecule has 2 amide bonds. The number of carbonyl (C=O) groups is 2. The molecule has 0 fully saturated rings. The molecule has 0 bridgehead atoms. The summed E-state index contributed by atoms with van der Waals surface area (Å²) < 4.78 is 5.43. The normalized spacial score (nSPS) is 11.6. The molecule has 0 unspecified atom stereocenters. The van der Waals surface area contributed by atoms with Crippen molar-refractivity contribution in [3.8, 4) is 0 Å². The second-order valence-electron chi connectivity index (χ2n) is 7.78. The minimum atomic E-state index is -0.510. The third-order valence-electron chi connectivity index (χ3n) is 4.14. The lowest BCUT2D eigenvalue weighted by Crippen LogP contribution is -2.44. The molecule has 0 aliphatic carbocycles. The number of rotatable bonds is 9. The first-order valence-electron chi connectivity index (χ1n) is 10.5. The maximum Gasteiger partial charge on any atom is 0.410 e. The van der Waals surface area contributed by atoms with E-state index in [0.717, 1.165) is 18.5 Å². The standard InChI is InChI=1S/C22H37N5O3/c1-7-24-20(26-14-15-27(8-2)21(29)30-22(3,4)5)25-13-12-17-10-9-11-18(16-17)19(28)23-6/h9-11,16H,7-8,12-15H2,1-6H3,(H,23,28)(H2,24,25,26). The van der Waals surface area contributed by atoms with Crippen LogP contribution in [0.15, 0.2) is 29.3 Å². The molecule has 30 heavy (non-hydrogen) atoms. The number of likely N-dealkylation sites (N-methyl/N-ethyl adjacent to an activating group) is 1. The quantitative estimate of drug-likeness (QED) is 0.422. The summed E-state index contributed by atoms with van der Waals surface area (Å²) in [7, 11) is 1.62. The van der Waals surface area contributed by atoms with Crippen molar-refractivity contribution in [2.75, 3.05) is 39.8 Å². The highest BCUT2D eigenvalue weighted by Crippen LogP contribution is 2.09.